The van der Waals surface area contributed by atoms with E-state index in [4.69, 9.17) is 4.74 Å². The Kier molecular flexibility index (Phi) is 6.70. The largest absolute Gasteiger partial charge is 0.444 e. The molecule has 176 valence electrons. The quantitative estimate of drug-likeness (QED) is 0.713. The number of anilines is 1. The van der Waals surface area contributed by atoms with E-state index in [1.165, 1.54) is 5.56 Å². The molecule has 7 heteroatoms. The lowest BCUT2D eigenvalue weighted by molar-refractivity contribution is -0.120. The highest BCUT2D eigenvalue weighted by Crippen LogP contribution is 2.29. The SMILES string of the molecule is CC1CN(CC(=O)N2CCc3cnc(Cc4ccccc4)cc32)CCN1C(=O)OC(C)(C)C. The average Bonchev–Trinajstić information content (AvgIpc) is 3.16. The smallest absolute Gasteiger partial charge is 0.410 e. The van der Waals surface area contributed by atoms with Crippen LogP contribution in [0.4, 0.5) is 10.5 Å². The number of ether oxygens (including phenoxy) is 1. The maximum absolute atomic E-state index is 13.2. The van der Waals surface area contributed by atoms with Crippen LogP contribution in [0.2, 0.25) is 0 Å². The van der Waals surface area contributed by atoms with Crippen molar-refractivity contribution in [3.05, 3.63) is 59.4 Å². The molecule has 0 N–H and O–H groups in total. The van der Waals surface area contributed by atoms with E-state index in [1.54, 1.807) is 4.90 Å². The van der Waals surface area contributed by atoms with Gasteiger partial charge in [0.2, 0.25) is 5.91 Å². The van der Waals surface area contributed by atoms with E-state index in [0.29, 0.717) is 32.7 Å². The van der Waals surface area contributed by atoms with Crippen molar-refractivity contribution in [2.24, 2.45) is 0 Å². The van der Waals surface area contributed by atoms with Crippen LogP contribution in [0.15, 0.2) is 42.6 Å². The molecule has 3 heterocycles. The first-order chi connectivity index (χ1) is 15.7. The van der Waals surface area contributed by atoms with Gasteiger partial charge in [0.25, 0.3) is 0 Å². The van der Waals surface area contributed by atoms with Crippen molar-refractivity contribution in [1.82, 2.24) is 14.8 Å². The van der Waals surface area contributed by atoms with E-state index in [-0.39, 0.29) is 18.0 Å². The number of rotatable bonds is 4. The van der Waals surface area contributed by atoms with E-state index in [2.05, 4.69) is 28.1 Å². The fraction of sp³-hybridized carbons (Fsp3) is 0.500. The second-order valence-corrected chi connectivity index (χ2v) is 10.0. The first-order valence-corrected chi connectivity index (χ1v) is 11.7. The third-order valence-electron chi connectivity index (χ3n) is 6.14. The number of pyridine rings is 1. The summed E-state index contributed by atoms with van der Waals surface area (Å²) in [5.41, 5.74) is 3.78. The van der Waals surface area contributed by atoms with Gasteiger partial charge in [0.15, 0.2) is 0 Å². The van der Waals surface area contributed by atoms with Gasteiger partial charge in [-0.25, -0.2) is 4.79 Å². The predicted octanol–water partition coefficient (Wildman–Crippen LogP) is 3.50. The number of benzene rings is 1. The number of amides is 2. The highest BCUT2D eigenvalue weighted by molar-refractivity contribution is 5.96. The van der Waals surface area contributed by atoms with Gasteiger partial charge < -0.3 is 14.5 Å². The molecule has 0 aliphatic carbocycles. The number of carbonyl (C=O) groups excluding carboxylic acids is 2. The molecule has 1 unspecified atom stereocenters. The Hall–Kier alpha value is -2.93. The molecule has 7 nitrogen and oxygen atoms in total. The summed E-state index contributed by atoms with van der Waals surface area (Å²) >= 11 is 0. The lowest BCUT2D eigenvalue weighted by Gasteiger charge is -2.40. The minimum atomic E-state index is -0.513. The van der Waals surface area contributed by atoms with Gasteiger partial charge in [0, 0.05) is 50.5 Å². The summed E-state index contributed by atoms with van der Waals surface area (Å²) < 4.78 is 5.53. The minimum Gasteiger partial charge on any atom is -0.444 e. The Morgan fingerprint density at radius 1 is 1.12 bits per heavy atom. The Bertz CT molecular complexity index is 1000. The first kappa shape index (κ1) is 23.2. The van der Waals surface area contributed by atoms with Gasteiger partial charge in [-0.15, -0.1) is 0 Å². The van der Waals surface area contributed by atoms with Gasteiger partial charge in [-0.1, -0.05) is 30.3 Å². The van der Waals surface area contributed by atoms with Crippen molar-refractivity contribution in [2.75, 3.05) is 37.6 Å². The third kappa shape index (κ3) is 5.71. The summed E-state index contributed by atoms with van der Waals surface area (Å²) in [6, 6.07) is 12.3. The molecular weight excluding hydrogens is 416 g/mol. The zero-order valence-corrected chi connectivity index (χ0v) is 20.1. The molecule has 1 aromatic heterocycles. The molecular formula is C26H34N4O3. The molecule has 0 saturated carbocycles. The van der Waals surface area contributed by atoms with Crippen LogP contribution in [0.3, 0.4) is 0 Å². The third-order valence-corrected chi connectivity index (χ3v) is 6.14. The van der Waals surface area contributed by atoms with Crippen molar-refractivity contribution in [3.63, 3.8) is 0 Å². The van der Waals surface area contributed by atoms with Crippen molar-refractivity contribution >= 4 is 17.7 Å². The maximum atomic E-state index is 13.2. The number of fused-ring (bicyclic) bond motifs is 1. The van der Waals surface area contributed by atoms with Crippen molar-refractivity contribution in [3.8, 4) is 0 Å². The highest BCUT2D eigenvalue weighted by Gasteiger charge is 2.33. The van der Waals surface area contributed by atoms with Crippen LogP contribution in [0.1, 0.15) is 44.5 Å². The molecule has 1 saturated heterocycles. The first-order valence-electron chi connectivity index (χ1n) is 11.7. The number of nitrogens with zero attached hydrogens (tertiary/aromatic N) is 4. The van der Waals surface area contributed by atoms with Crippen LogP contribution >= 0.6 is 0 Å². The maximum Gasteiger partial charge on any atom is 0.410 e. The van der Waals surface area contributed by atoms with Crippen molar-refractivity contribution in [1.29, 1.82) is 0 Å². The Morgan fingerprint density at radius 2 is 1.88 bits per heavy atom. The van der Waals surface area contributed by atoms with Gasteiger partial charge in [-0.05, 0) is 51.3 Å². The molecule has 1 aromatic carbocycles. The molecule has 2 amide bonds. The van der Waals surface area contributed by atoms with Crippen LogP contribution in [0.25, 0.3) is 0 Å². The Balaban J connectivity index is 1.37. The Labute approximate surface area is 196 Å². The number of piperazine rings is 1. The van der Waals surface area contributed by atoms with Gasteiger partial charge >= 0.3 is 6.09 Å². The minimum absolute atomic E-state index is 0.00561. The molecule has 2 aliphatic rings. The second-order valence-electron chi connectivity index (χ2n) is 10.0. The van der Waals surface area contributed by atoms with E-state index in [0.717, 1.165) is 29.8 Å². The number of hydrogen-bond acceptors (Lipinski definition) is 5. The monoisotopic (exact) mass is 450 g/mol. The standard InChI is InChI=1S/C26H34N4O3/c1-19-17-28(12-13-29(19)25(32)33-26(2,3)4)18-24(31)30-11-10-21-16-27-22(15-23(21)30)14-20-8-6-5-7-9-20/h5-9,15-16,19H,10-14,17-18H2,1-4H3. The molecule has 0 radical (unpaired) electrons. The second kappa shape index (κ2) is 9.51. The molecule has 1 fully saturated rings. The summed E-state index contributed by atoms with van der Waals surface area (Å²) in [5, 5.41) is 0. The summed E-state index contributed by atoms with van der Waals surface area (Å²) in [7, 11) is 0. The lowest BCUT2D eigenvalue weighted by Crippen LogP contribution is -2.56. The van der Waals surface area contributed by atoms with Gasteiger partial charge in [-0.3, -0.25) is 14.7 Å². The van der Waals surface area contributed by atoms with Gasteiger partial charge in [-0.2, -0.15) is 0 Å². The summed E-state index contributed by atoms with van der Waals surface area (Å²) in [4.78, 5) is 36.1. The van der Waals surface area contributed by atoms with E-state index >= 15 is 0 Å². The lowest BCUT2D eigenvalue weighted by atomic mass is 10.1. The zero-order valence-electron chi connectivity index (χ0n) is 20.1. The zero-order chi connectivity index (χ0) is 23.6. The number of aromatic nitrogens is 1. The molecule has 2 aromatic rings. The van der Waals surface area contributed by atoms with Crippen LogP contribution < -0.4 is 4.90 Å². The van der Waals surface area contributed by atoms with Crippen LogP contribution in [-0.2, 0) is 22.4 Å². The molecule has 1 atom stereocenters. The number of hydrogen-bond donors (Lipinski definition) is 0. The van der Waals surface area contributed by atoms with Crippen molar-refractivity contribution in [2.45, 2.75) is 52.2 Å². The Morgan fingerprint density at radius 3 is 2.58 bits per heavy atom. The van der Waals surface area contributed by atoms with E-state index < -0.39 is 5.60 Å². The summed E-state index contributed by atoms with van der Waals surface area (Å²) in [6.07, 6.45) is 3.22. The van der Waals surface area contributed by atoms with Crippen LogP contribution in [0, 0.1) is 0 Å². The van der Waals surface area contributed by atoms with Crippen LogP contribution in [0.5, 0.6) is 0 Å². The van der Waals surface area contributed by atoms with E-state index in [9.17, 15) is 9.59 Å². The molecule has 33 heavy (non-hydrogen) atoms. The molecule has 4 rings (SSSR count). The van der Waals surface area contributed by atoms with Gasteiger partial charge in [0.1, 0.15) is 5.60 Å². The molecule has 0 spiro atoms. The summed E-state index contributed by atoms with van der Waals surface area (Å²) in [6.45, 7) is 10.5. The molecule has 2 aliphatic heterocycles. The predicted molar refractivity (Wildman–Crippen MR) is 128 cm³/mol. The van der Waals surface area contributed by atoms with Crippen LogP contribution in [-0.4, -0.2) is 71.2 Å². The number of carbonyl (C=O) groups is 2. The normalized spacial score (nSPS) is 18.8. The van der Waals surface area contributed by atoms with Crippen molar-refractivity contribution < 1.29 is 14.3 Å². The fourth-order valence-corrected chi connectivity index (χ4v) is 4.52. The van der Waals surface area contributed by atoms with Gasteiger partial charge in [0.05, 0.1) is 12.2 Å². The highest BCUT2D eigenvalue weighted by atomic mass is 16.6. The average molecular weight is 451 g/mol. The molecule has 0 bridgehead atoms. The summed E-state index contributed by atoms with van der Waals surface area (Å²) in [5.74, 6) is 0.100. The topological polar surface area (TPSA) is 66.0 Å². The fourth-order valence-electron chi connectivity index (χ4n) is 4.52. The van der Waals surface area contributed by atoms with E-state index in [1.807, 2.05) is 57.0 Å².